The lowest BCUT2D eigenvalue weighted by atomic mass is 10.1. The average molecular weight is 470 g/mol. The van der Waals surface area contributed by atoms with Crippen molar-refractivity contribution in [3.8, 4) is 0 Å². The van der Waals surface area contributed by atoms with Crippen LogP contribution in [0.4, 0.5) is 0 Å². The van der Waals surface area contributed by atoms with E-state index in [-0.39, 0.29) is 6.42 Å². The van der Waals surface area contributed by atoms with E-state index >= 15 is 0 Å². The fourth-order valence-corrected chi connectivity index (χ4v) is 3.57. The van der Waals surface area contributed by atoms with E-state index in [1.165, 1.54) is 44.9 Å². The third kappa shape index (κ3) is 18.3. The second-order valence-corrected chi connectivity index (χ2v) is 9.11. The molecule has 0 saturated carbocycles. The quantitative estimate of drug-likeness (QED) is 0.126. The van der Waals surface area contributed by atoms with Gasteiger partial charge in [-0.3, -0.25) is 13.8 Å². The van der Waals surface area contributed by atoms with Crippen LogP contribution < -0.4 is 10.8 Å². The molecule has 3 unspecified atom stereocenters. The van der Waals surface area contributed by atoms with Crippen LogP contribution in [0.25, 0.3) is 0 Å². The average Bonchev–Trinajstić information content (AvgIpc) is 2.73. The SMILES string of the molecule is CCCCCCCCCCCCCC(=O)OC(CO)COP(=O)(O)OCC([NH3+])C(=O)[O-]. The molecule has 184 valence electrons. The zero-order chi connectivity index (χ0) is 23.5. The van der Waals surface area contributed by atoms with Crippen LogP contribution in [-0.2, 0) is 27.9 Å². The van der Waals surface area contributed by atoms with E-state index in [2.05, 4.69) is 21.7 Å². The first-order chi connectivity index (χ1) is 14.7. The molecule has 0 heterocycles. The van der Waals surface area contributed by atoms with E-state index in [1.807, 2.05) is 0 Å². The minimum Gasteiger partial charge on any atom is -0.544 e. The normalized spacial score (nSPS) is 15.2. The molecule has 0 aromatic rings. The Bertz CT molecular complexity index is 533. The molecule has 5 N–H and O–H groups in total. The Hall–Kier alpha value is -1.03. The fourth-order valence-electron chi connectivity index (χ4n) is 2.77. The van der Waals surface area contributed by atoms with Crippen LogP contribution >= 0.6 is 7.82 Å². The van der Waals surface area contributed by atoms with Crippen molar-refractivity contribution < 1.29 is 48.8 Å². The number of aliphatic hydroxyl groups excluding tert-OH is 1. The molecule has 0 radical (unpaired) electrons. The molecule has 0 saturated heterocycles. The lowest BCUT2D eigenvalue weighted by molar-refractivity contribution is -0.440. The Kier molecular flexibility index (Phi) is 17.9. The van der Waals surface area contributed by atoms with E-state index in [9.17, 15) is 29.3 Å². The van der Waals surface area contributed by atoms with Gasteiger partial charge in [0.15, 0.2) is 0 Å². The molecule has 0 spiro atoms. The molecule has 11 heteroatoms. The number of aliphatic hydroxyl groups is 1. The molecule has 10 nitrogen and oxygen atoms in total. The van der Waals surface area contributed by atoms with E-state index in [4.69, 9.17) is 4.74 Å². The zero-order valence-corrected chi connectivity index (χ0v) is 19.6. The maximum atomic E-state index is 11.9. The first-order valence-corrected chi connectivity index (χ1v) is 12.7. The number of hydrogen-bond acceptors (Lipinski definition) is 8. The number of quaternary nitrogens is 1. The minimum atomic E-state index is -4.58. The van der Waals surface area contributed by atoms with Crippen LogP contribution in [0.2, 0.25) is 0 Å². The van der Waals surface area contributed by atoms with Gasteiger partial charge in [-0.1, -0.05) is 71.1 Å². The maximum Gasteiger partial charge on any atom is 0.472 e. The van der Waals surface area contributed by atoms with Crippen LogP contribution in [0.1, 0.15) is 84.0 Å². The third-order valence-electron chi connectivity index (χ3n) is 4.68. The Balaban J connectivity index is 3.85. The molecular formula is C20H40NO9P. The number of carbonyl (C=O) groups excluding carboxylic acids is 2. The fraction of sp³-hybridized carbons (Fsp3) is 0.900. The summed E-state index contributed by atoms with van der Waals surface area (Å²) >= 11 is 0. The predicted molar refractivity (Wildman–Crippen MR) is 111 cm³/mol. The first-order valence-electron chi connectivity index (χ1n) is 11.2. The van der Waals surface area contributed by atoms with Gasteiger partial charge >= 0.3 is 13.8 Å². The molecule has 0 amide bonds. The van der Waals surface area contributed by atoms with Crippen molar-refractivity contribution in [3.05, 3.63) is 0 Å². The summed E-state index contributed by atoms with van der Waals surface area (Å²) in [5.41, 5.74) is 3.18. The van der Waals surface area contributed by atoms with Crippen molar-refractivity contribution in [1.82, 2.24) is 0 Å². The maximum absolute atomic E-state index is 11.9. The smallest absolute Gasteiger partial charge is 0.472 e. The van der Waals surface area contributed by atoms with Crippen LogP contribution in [0, 0.1) is 0 Å². The van der Waals surface area contributed by atoms with Crippen LogP contribution in [0.3, 0.4) is 0 Å². The van der Waals surface area contributed by atoms with E-state index in [0.717, 1.165) is 19.3 Å². The number of aliphatic carboxylic acids is 1. The number of unbranched alkanes of at least 4 members (excludes halogenated alkanes) is 10. The Labute approximate surface area is 185 Å². The van der Waals surface area contributed by atoms with Gasteiger partial charge in [-0.25, -0.2) is 4.57 Å². The van der Waals surface area contributed by atoms with Gasteiger partial charge in [-0.2, -0.15) is 0 Å². The molecule has 0 aromatic carbocycles. The van der Waals surface area contributed by atoms with Crippen LogP contribution in [0.5, 0.6) is 0 Å². The molecule has 0 aliphatic heterocycles. The van der Waals surface area contributed by atoms with Gasteiger partial charge in [0.2, 0.25) is 0 Å². The Morgan fingerprint density at radius 2 is 1.42 bits per heavy atom. The van der Waals surface area contributed by atoms with Gasteiger partial charge in [-0.15, -0.1) is 0 Å². The lowest BCUT2D eigenvalue weighted by Gasteiger charge is -2.18. The van der Waals surface area contributed by atoms with Crippen molar-refractivity contribution in [2.75, 3.05) is 19.8 Å². The van der Waals surface area contributed by atoms with Crippen LogP contribution in [0.15, 0.2) is 0 Å². The Morgan fingerprint density at radius 1 is 0.935 bits per heavy atom. The summed E-state index contributed by atoms with van der Waals surface area (Å²) in [4.78, 5) is 31.9. The molecule has 0 aromatic heterocycles. The number of carboxylic acid groups (broad SMARTS) is 1. The highest BCUT2D eigenvalue weighted by molar-refractivity contribution is 7.47. The summed E-state index contributed by atoms with van der Waals surface area (Å²) in [6.07, 6.45) is 11.8. The first kappa shape index (κ1) is 30.0. The number of phosphoric acid groups is 1. The lowest BCUT2D eigenvalue weighted by Crippen LogP contribution is -2.70. The van der Waals surface area contributed by atoms with E-state index in [0.29, 0.717) is 6.42 Å². The molecule has 0 aliphatic rings. The number of carbonyl (C=O) groups is 2. The van der Waals surface area contributed by atoms with E-state index in [1.54, 1.807) is 0 Å². The van der Waals surface area contributed by atoms with E-state index < -0.39 is 51.7 Å². The highest BCUT2D eigenvalue weighted by Gasteiger charge is 2.26. The standard InChI is InChI=1S/C20H40NO9P/c1-2-3-4-5-6-7-8-9-10-11-12-13-19(23)30-17(14-22)15-28-31(26,27)29-16-18(21)20(24)25/h17-18,22H,2-16,21H2,1H3,(H,24,25)(H,26,27). The molecule has 3 atom stereocenters. The highest BCUT2D eigenvalue weighted by Crippen LogP contribution is 2.43. The molecule has 0 fully saturated rings. The van der Waals surface area contributed by atoms with Crippen molar-refractivity contribution in [3.63, 3.8) is 0 Å². The second kappa shape index (κ2) is 18.5. The summed E-state index contributed by atoms with van der Waals surface area (Å²) in [6, 6.07) is -1.35. The second-order valence-electron chi connectivity index (χ2n) is 7.66. The third-order valence-corrected chi connectivity index (χ3v) is 5.63. The summed E-state index contributed by atoms with van der Waals surface area (Å²) < 4.78 is 25.8. The monoisotopic (exact) mass is 469 g/mol. The van der Waals surface area contributed by atoms with Crippen LogP contribution in [-0.4, -0.2) is 53.9 Å². The Morgan fingerprint density at radius 3 is 1.90 bits per heavy atom. The number of hydrogen-bond donors (Lipinski definition) is 3. The van der Waals surface area contributed by atoms with Crippen molar-refractivity contribution in [1.29, 1.82) is 0 Å². The summed E-state index contributed by atoms with van der Waals surface area (Å²) in [5.74, 6) is -2.06. The number of phosphoric ester groups is 1. The van der Waals surface area contributed by atoms with Gasteiger partial charge in [0.25, 0.3) is 0 Å². The summed E-state index contributed by atoms with van der Waals surface area (Å²) in [7, 11) is -4.58. The predicted octanol–water partition coefficient (Wildman–Crippen LogP) is 1.09. The molecule has 31 heavy (non-hydrogen) atoms. The highest BCUT2D eigenvalue weighted by atomic mass is 31.2. The number of ether oxygens (including phenoxy) is 1. The molecular weight excluding hydrogens is 429 g/mol. The topological polar surface area (TPSA) is 170 Å². The number of rotatable bonds is 21. The zero-order valence-electron chi connectivity index (χ0n) is 18.7. The van der Waals surface area contributed by atoms with Crippen molar-refractivity contribution in [2.24, 2.45) is 0 Å². The molecule has 0 rings (SSSR count). The largest absolute Gasteiger partial charge is 0.544 e. The van der Waals surface area contributed by atoms with Gasteiger partial charge in [0, 0.05) is 6.42 Å². The van der Waals surface area contributed by atoms with Gasteiger partial charge in [0.1, 0.15) is 24.7 Å². The number of carboxylic acids is 1. The van der Waals surface area contributed by atoms with Gasteiger partial charge in [-0.05, 0) is 6.42 Å². The minimum absolute atomic E-state index is 0.190. The van der Waals surface area contributed by atoms with Crippen molar-refractivity contribution in [2.45, 2.75) is 96.1 Å². The summed E-state index contributed by atoms with van der Waals surface area (Å²) in [5, 5.41) is 19.8. The van der Waals surface area contributed by atoms with Gasteiger partial charge < -0.3 is 30.4 Å². The molecule has 0 bridgehead atoms. The molecule has 0 aliphatic carbocycles. The summed E-state index contributed by atoms with van der Waals surface area (Å²) in [6.45, 7) is 0.362. The van der Waals surface area contributed by atoms with Gasteiger partial charge in [0.05, 0.1) is 13.2 Å². The number of esters is 1. The van der Waals surface area contributed by atoms with Crippen molar-refractivity contribution >= 4 is 19.8 Å².